The zero-order valence-electron chi connectivity index (χ0n) is 8.12. The van der Waals surface area contributed by atoms with Gasteiger partial charge in [0.15, 0.2) is 0 Å². The molecule has 0 aliphatic carbocycles. The Morgan fingerprint density at radius 3 is 2.75 bits per heavy atom. The molecule has 2 nitrogen and oxygen atoms in total. The molecule has 1 saturated heterocycles. The van der Waals surface area contributed by atoms with Crippen molar-refractivity contribution in [3.63, 3.8) is 0 Å². The van der Waals surface area contributed by atoms with Crippen LogP contribution in [0.2, 0.25) is 0 Å². The minimum atomic E-state index is -0.210. The lowest BCUT2D eigenvalue weighted by atomic mass is 9.96. The van der Waals surface area contributed by atoms with Crippen LogP contribution in [0.1, 0.15) is 39.5 Å². The summed E-state index contributed by atoms with van der Waals surface area (Å²) in [5, 5.41) is 9.19. The summed E-state index contributed by atoms with van der Waals surface area (Å²) in [5.41, 5.74) is 0. The number of aliphatic hydroxyl groups excluding tert-OH is 1. The molecule has 0 aromatic rings. The van der Waals surface area contributed by atoms with Gasteiger partial charge in [-0.3, -0.25) is 0 Å². The van der Waals surface area contributed by atoms with E-state index < -0.39 is 0 Å². The fraction of sp³-hybridized carbons (Fsp3) is 1.00. The highest BCUT2D eigenvalue weighted by Gasteiger charge is 2.20. The molecule has 1 rings (SSSR count). The summed E-state index contributed by atoms with van der Waals surface area (Å²) in [5.74, 6) is 0.755. The molecule has 12 heavy (non-hydrogen) atoms. The van der Waals surface area contributed by atoms with Crippen molar-refractivity contribution in [2.75, 3.05) is 6.61 Å². The van der Waals surface area contributed by atoms with Gasteiger partial charge in [-0.25, -0.2) is 0 Å². The Morgan fingerprint density at radius 2 is 2.25 bits per heavy atom. The molecule has 0 saturated carbocycles. The van der Waals surface area contributed by atoms with Gasteiger partial charge in [0.1, 0.15) is 0 Å². The Balaban J connectivity index is 2.17. The highest BCUT2D eigenvalue weighted by atomic mass is 16.5. The first-order chi connectivity index (χ1) is 5.72. The largest absolute Gasteiger partial charge is 0.391 e. The molecule has 1 fully saturated rings. The van der Waals surface area contributed by atoms with Crippen molar-refractivity contribution in [3.05, 3.63) is 0 Å². The van der Waals surface area contributed by atoms with Crippen LogP contribution in [0, 0.1) is 5.92 Å². The monoisotopic (exact) mass is 172 g/mol. The van der Waals surface area contributed by atoms with Crippen LogP contribution in [0.15, 0.2) is 0 Å². The molecule has 1 N–H and O–H groups in total. The molecule has 0 radical (unpaired) electrons. The Kier molecular flexibility index (Phi) is 4.02. The molecule has 72 valence electrons. The van der Waals surface area contributed by atoms with Gasteiger partial charge < -0.3 is 9.84 Å². The van der Waals surface area contributed by atoms with Gasteiger partial charge in [0.25, 0.3) is 0 Å². The molecule has 0 aromatic carbocycles. The molecular weight excluding hydrogens is 152 g/mol. The van der Waals surface area contributed by atoms with Crippen molar-refractivity contribution in [1.82, 2.24) is 0 Å². The van der Waals surface area contributed by atoms with E-state index in [2.05, 4.69) is 13.8 Å². The fourth-order valence-corrected chi connectivity index (χ4v) is 1.59. The first-order valence-corrected chi connectivity index (χ1v) is 5.02. The zero-order valence-corrected chi connectivity index (χ0v) is 8.12. The summed E-state index contributed by atoms with van der Waals surface area (Å²) in [6, 6.07) is 0. The van der Waals surface area contributed by atoms with Crippen molar-refractivity contribution in [3.8, 4) is 0 Å². The third-order valence-electron chi connectivity index (χ3n) is 2.71. The lowest BCUT2D eigenvalue weighted by Crippen LogP contribution is -2.30. The van der Waals surface area contributed by atoms with E-state index in [4.69, 9.17) is 4.74 Å². The molecule has 3 unspecified atom stereocenters. The number of hydrogen-bond acceptors (Lipinski definition) is 2. The van der Waals surface area contributed by atoms with Crippen LogP contribution in [-0.2, 0) is 4.74 Å². The second kappa shape index (κ2) is 4.83. The summed E-state index contributed by atoms with van der Waals surface area (Å²) in [6.07, 6.45) is 4.53. The van der Waals surface area contributed by atoms with Gasteiger partial charge in [0.2, 0.25) is 0 Å². The average molecular weight is 172 g/mol. The van der Waals surface area contributed by atoms with Crippen LogP contribution in [-0.4, -0.2) is 23.9 Å². The topological polar surface area (TPSA) is 29.5 Å². The summed E-state index contributed by atoms with van der Waals surface area (Å²) >= 11 is 0. The normalized spacial score (nSPS) is 33.2. The highest BCUT2D eigenvalue weighted by molar-refractivity contribution is 4.70. The third-order valence-corrected chi connectivity index (χ3v) is 2.71. The van der Waals surface area contributed by atoms with E-state index in [1.807, 2.05) is 0 Å². The highest BCUT2D eigenvalue weighted by Crippen LogP contribution is 2.21. The maximum atomic E-state index is 9.19. The lowest BCUT2D eigenvalue weighted by Gasteiger charge is -2.27. The van der Waals surface area contributed by atoms with Crippen molar-refractivity contribution >= 4 is 0 Å². The summed E-state index contributed by atoms with van der Waals surface area (Å²) in [4.78, 5) is 0. The quantitative estimate of drug-likeness (QED) is 0.705. The second-order valence-electron chi connectivity index (χ2n) is 3.94. The minimum Gasteiger partial charge on any atom is -0.391 e. The summed E-state index contributed by atoms with van der Waals surface area (Å²) in [6.45, 7) is 5.01. The standard InChI is InChI=1S/C10H20O2/c1-3-8(2)6-10-5-4-9(11)7-12-10/h8-11H,3-7H2,1-2H3. The van der Waals surface area contributed by atoms with E-state index in [0.717, 1.165) is 25.2 Å². The van der Waals surface area contributed by atoms with Crippen LogP contribution >= 0.6 is 0 Å². The van der Waals surface area contributed by atoms with Crippen LogP contribution in [0.3, 0.4) is 0 Å². The maximum absolute atomic E-state index is 9.19. The first kappa shape index (κ1) is 10.0. The van der Waals surface area contributed by atoms with Crippen LogP contribution in [0.4, 0.5) is 0 Å². The van der Waals surface area contributed by atoms with Gasteiger partial charge in [-0.2, -0.15) is 0 Å². The van der Waals surface area contributed by atoms with Gasteiger partial charge in [0.05, 0.1) is 18.8 Å². The van der Waals surface area contributed by atoms with Crippen LogP contribution in [0.25, 0.3) is 0 Å². The second-order valence-corrected chi connectivity index (χ2v) is 3.94. The first-order valence-electron chi connectivity index (χ1n) is 5.02. The van der Waals surface area contributed by atoms with Crippen molar-refractivity contribution < 1.29 is 9.84 Å². The molecule has 1 aliphatic heterocycles. The molecule has 0 spiro atoms. The SMILES string of the molecule is CCC(C)CC1CCC(O)CO1. The number of ether oxygens (including phenoxy) is 1. The van der Waals surface area contributed by atoms with Crippen molar-refractivity contribution in [1.29, 1.82) is 0 Å². The smallest absolute Gasteiger partial charge is 0.0774 e. The average Bonchev–Trinajstić information content (AvgIpc) is 2.09. The number of aliphatic hydroxyl groups is 1. The third kappa shape index (κ3) is 3.11. The van der Waals surface area contributed by atoms with E-state index in [9.17, 15) is 5.11 Å². The molecular formula is C10H20O2. The van der Waals surface area contributed by atoms with Crippen molar-refractivity contribution in [2.24, 2.45) is 5.92 Å². The minimum absolute atomic E-state index is 0.210. The van der Waals surface area contributed by atoms with Gasteiger partial charge in [0, 0.05) is 0 Å². The molecule has 0 bridgehead atoms. The van der Waals surface area contributed by atoms with E-state index in [0.29, 0.717) is 12.7 Å². The molecule has 1 heterocycles. The Hall–Kier alpha value is -0.0800. The van der Waals surface area contributed by atoms with Crippen molar-refractivity contribution in [2.45, 2.75) is 51.7 Å². The lowest BCUT2D eigenvalue weighted by molar-refractivity contribution is -0.0627. The zero-order chi connectivity index (χ0) is 8.97. The predicted molar refractivity (Wildman–Crippen MR) is 49.1 cm³/mol. The van der Waals surface area contributed by atoms with E-state index in [1.54, 1.807) is 0 Å². The van der Waals surface area contributed by atoms with Gasteiger partial charge in [-0.15, -0.1) is 0 Å². The van der Waals surface area contributed by atoms with E-state index in [1.165, 1.54) is 6.42 Å². The molecule has 3 atom stereocenters. The molecule has 0 aromatic heterocycles. The Bertz CT molecular complexity index is 117. The summed E-state index contributed by atoms with van der Waals surface area (Å²) < 4.78 is 5.51. The molecule has 1 aliphatic rings. The summed E-state index contributed by atoms with van der Waals surface area (Å²) in [7, 11) is 0. The van der Waals surface area contributed by atoms with E-state index in [-0.39, 0.29) is 6.10 Å². The predicted octanol–water partition coefficient (Wildman–Crippen LogP) is 1.96. The fourth-order valence-electron chi connectivity index (χ4n) is 1.59. The van der Waals surface area contributed by atoms with Gasteiger partial charge >= 0.3 is 0 Å². The Labute approximate surface area is 74.9 Å². The van der Waals surface area contributed by atoms with E-state index >= 15 is 0 Å². The van der Waals surface area contributed by atoms with Crippen LogP contribution in [0.5, 0.6) is 0 Å². The number of rotatable bonds is 3. The molecule has 0 amide bonds. The Morgan fingerprint density at radius 1 is 1.50 bits per heavy atom. The van der Waals surface area contributed by atoms with Gasteiger partial charge in [-0.1, -0.05) is 20.3 Å². The maximum Gasteiger partial charge on any atom is 0.0774 e. The van der Waals surface area contributed by atoms with Gasteiger partial charge in [-0.05, 0) is 25.2 Å². The number of hydrogen-bond donors (Lipinski definition) is 1. The van der Waals surface area contributed by atoms with Crippen LogP contribution < -0.4 is 0 Å². The molecule has 2 heteroatoms.